The van der Waals surface area contributed by atoms with Crippen molar-refractivity contribution in [2.75, 3.05) is 6.61 Å². The van der Waals surface area contributed by atoms with Crippen molar-refractivity contribution in [1.29, 1.82) is 0 Å². The van der Waals surface area contributed by atoms with Crippen LogP contribution in [-0.2, 0) is 11.8 Å². The molecule has 0 atom stereocenters. The van der Waals surface area contributed by atoms with Gasteiger partial charge in [0.25, 0.3) is 0 Å². The topological polar surface area (TPSA) is 40.5 Å². The summed E-state index contributed by atoms with van der Waals surface area (Å²) in [5.41, 5.74) is 2.30. The smallest absolute Gasteiger partial charge is 0.119 e. The predicted octanol–water partition coefficient (Wildman–Crippen LogP) is 3.78. The normalized spacial score (nSPS) is 11.8. The molecular weight excluding hydrogens is 224 g/mol. The Hall–Kier alpha value is -1.02. The zero-order valence-corrected chi connectivity index (χ0v) is 11.9. The Morgan fingerprint density at radius 2 is 1.67 bits per heavy atom. The molecule has 0 aliphatic heterocycles. The highest BCUT2D eigenvalue weighted by atomic mass is 16.3. The average Bonchev–Trinajstić information content (AvgIpc) is 2.29. The van der Waals surface area contributed by atoms with Crippen LogP contribution in [-0.4, -0.2) is 16.8 Å². The van der Waals surface area contributed by atoms with E-state index in [1.807, 2.05) is 12.1 Å². The number of hydrogen-bond donors (Lipinski definition) is 2. The number of hydrogen-bond acceptors (Lipinski definition) is 2. The lowest BCUT2D eigenvalue weighted by Gasteiger charge is -2.21. The van der Waals surface area contributed by atoms with Gasteiger partial charge in [-0.25, -0.2) is 0 Å². The van der Waals surface area contributed by atoms with E-state index in [1.54, 1.807) is 0 Å². The van der Waals surface area contributed by atoms with Crippen molar-refractivity contribution < 1.29 is 10.2 Å². The number of aliphatic hydroxyl groups is 1. The quantitative estimate of drug-likeness (QED) is 0.754. The molecule has 1 aromatic rings. The molecule has 0 aliphatic rings. The summed E-state index contributed by atoms with van der Waals surface area (Å²) in [6, 6.07) is 5.95. The summed E-state index contributed by atoms with van der Waals surface area (Å²) in [5.74, 6) is 0.395. The molecule has 1 rings (SSSR count). The largest absolute Gasteiger partial charge is 0.508 e. The molecule has 0 unspecified atom stereocenters. The first-order chi connectivity index (χ1) is 8.45. The molecule has 2 heteroatoms. The Morgan fingerprint density at radius 1 is 1.00 bits per heavy atom. The molecule has 0 spiro atoms. The molecule has 18 heavy (non-hydrogen) atoms. The summed E-state index contributed by atoms with van der Waals surface area (Å²) in [6.45, 7) is 6.65. The number of benzene rings is 1. The zero-order valence-electron chi connectivity index (χ0n) is 11.9. The second-order valence-corrected chi connectivity index (χ2v) is 5.99. The van der Waals surface area contributed by atoms with Crippen LogP contribution < -0.4 is 0 Å². The molecule has 0 amide bonds. The Morgan fingerprint density at radius 3 is 2.28 bits per heavy atom. The third kappa shape index (κ3) is 4.69. The minimum Gasteiger partial charge on any atom is -0.508 e. The van der Waals surface area contributed by atoms with Crippen LogP contribution in [0.15, 0.2) is 18.2 Å². The second-order valence-electron chi connectivity index (χ2n) is 5.99. The molecule has 0 saturated carbocycles. The van der Waals surface area contributed by atoms with E-state index >= 15 is 0 Å². The molecule has 2 N–H and O–H groups in total. The first-order valence-electron chi connectivity index (χ1n) is 6.88. The zero-order chi connectivity index (χ0) is 13.6. The van der Waals surface area contributed by atoms with Gasteiger partial charge in [0.1, 0.15) is 5.75 Å². The number of aromatic hydroxyl groups is 1. The molecule has 0 saturated heterocycles. The van der Waals surface area contributed by atoms with Gasteiger partial charge in [0, 0.05) is 6.61 Å². The monoisotopic (exact) mass is 250 g/mol. The van der Waals surface area contributed by atoms with Gasteiger partial charge in [-0.15, -0.1) is 0 Å². The van der Waals surface area contributed by atoms with Crippen molar-refractivity contribution >= 4 is 0 Å². The molecule has 0 heterocycles. The van der Waals surface area contributed by atoms with Crippen LogP contribution in [0.1, 0.15) is 57.6 Å². The molecule has 0 aliphatic carbocycles. The Balaban J connectivity index is 2.57. The van der Waals surface area contributed by atoms with E-state index < -0.39 is 0 Å². The Labute approximate surface area is 111 Å². The van der Waals surface area contributed by atoms with Gasteiger partial charge in [-0.3, -0.25) is 0 Å². The van der Waals surface area contributed by atoms with Gasteiger partial charge >= 0.3 is 0 Å². The lowest BCUT2D eigenvalue weighted by Crippen LogP contribution is -2.11. The van der Waals surface area contributed by atoms with E-state index in [-0.39, 0.29) is 5.41 Å². The minimum atomic E-state index is -0.0169. The van der Waals surface area contributed by atoms with E-state index in [4.69, 9.17) is 5.11 Å². The lowest BCUT2D eigenvalue weighted by atomic mass is 9.85. The summed E-state index contributed by atoms with van der Waals surface area (Å²) in [5, 5.41) is 18.6. The second kappa shape index (κ2) is 6.79. The summed E-state index contributed by atoms with van der Waals surface area (Å²) in [4.78, 5) is 0. The van der Waals surface area contributed by atoms with Gasteiger partial charge in [0.05, 0.1) is 0 Å². The van der Waals surface area contributed by atoms with Crippen LogP contribution in [0.4, 0.5) is 0 Å². The molecule has 0 fully saturated rings. The summed E-state index contributed by atoms with van der Waals surface area (Å²) in [6.07, 6.45) is 5.36. The van der Waals surface area contributed by atoms with Gasteiger partial charge < -0.3 is 10.2 Å². The highest BCUT2D eigenvalue weighted by Gasteiger charge is 2.18. The molecule has 102 valence electrons. The standard InChI is InChI=1S/C16H26O2/c1-16(2,3)14-12-13(9-10-15(14)18)8-6-4-5-7-11-17/h9-10,12,17-18H,4-8,11H2,1-3H3. The lowest BCUT2D eigenvalue weighted by molar-refractivity contribution is 0.282. The minimum absolute atomic E-state index is 0.0169. The van der Waals surface area contributed by atoms with Crippen molar-refractivity contribution in [1.82, 2.24) is 0 Å². The third-order valence-corrected chi connectivity index (χ3v) is 3.24. The van der Waals surface area contributed by atoms with E-state index in [2.05, 4.69) is 26.8 Å². The average molecular weight is 250 g/mol. The van der Waals surface area contributed by atoms with E-state index in [1.165, 1.54) is 5.56 Å². The number of phenolic OH excluding ortho intramolecular Hbond substituents is 1. The Kier molecular flexibility index (Phi) is 5.67. The van der Waals surface area contributed by atoms with Gasteiger partial charge in [0.2, 0.25) is 0 Å². The highest BCUT2D eigenvalue weighted by molar-refractivity contribution is 5.40. The number of aryl methyl sites for hydroxylation is 1. The van der Waals surface area contributed by atoms with E-state index in [0.717, 1.165) is 37.7 Å². The van der Waals surface area contributed by atoms with Crippen LogP contribution in [0.2, 0.25) is 0 Å². The SMILES string of the molecule is CC(C)(C)c1cc(CCCCCCO)ccc1O. The van der Waals surface area contributed by atoms with Crippen LogP contribution in [0.25, 0.3) is 0 Å². The maximum absolute atomic E-state index is 9.88. The predicted molar refractivity (Wildman–Crippen MR) is 76.1 cm³/mol. The molecule has 0 radical (unpaired) electrons. The van der Waals surface area contributed by atoms with Crippen LogP contribution in [0.3, 0.4) is 0 Å². The van der Waals surface area contributed by atoms with Gasteiger partial charge in [-0.05, 0) is 41.9 Å². The van der Waals surface area contributed by atoms with E-state index in [0.29, 0.717) is 12.4 Å². The van der Waals surface area contributed by atoms with Gasteiger partial charge in [-0.2, -0.15) is 0 Å². The number of rotatable bonds is 6. The molecule has 2 nitrogen and oxygen atoms in total. The molecular formula is C16H26O2. The Bertz CT molecular complexity index is 364. The first-order valence-corrected chi connectivity index (χ1v) is 6.88. The molecule has 0 bridgehead atoms. The highest BCUT2D eigenvalue weighted by Crippen LogP contribution is 2.31. The van der Waals surface area contributed by atoms with E-state index in [9.17, 15) is 5.11 Å². The van der Waals surface area contributed by atoms with Crippen molar-refractivity contribution in [3.8, 4) is 5.75 Å². The molecule has 1 aromatic carbocycles. The fraction of sp³-hybridized carbons (Fsp3) is 0.625. The number of phenols is 1. The van der Waals surface area contributed by atoms with Crippen molar-refractivity contribution in [3.05, 3.63) is 29.3 Å². The van der Waals surface area contributed by atoms with Crippen LogP contribution >= 0.6 is 0 Å². The fourth-order valence-electron chi connectivity index (χ4n) is 2.13. The van der Waals surface area contributed by atoms with Gasteiger partial charge in [-0.1, -0.05) is 45.7 Å². The van der Waals surface area contributed by atoms with Crippen molar-refractivity contribution in [2.24, 2.45) is 0 Å². The summed E-state index contributed by atoms with van der Waals surface area (Å²) in [7, 11) is 0. The first kappa shape index (κ1) is 15.0. The van der Waals surface area contributed by atoms with Crippen LogP contribution in [0, 0.1) is 0 Å². The van der Waals surface area contributed by atoms with Crippen molar-refractivity contribution in [3.63, 3.8) is 0 Å². The summed E-state index contributed by atoms with van der Waals surface area (Å²) < 4.78 is 0. The third-order valence-electron chi connectivity index (χ3n) is 3.24. The maximum Gasteiger partial charge on any atom is 0.119 e. The maximum atomic E-state index is 9.88. The number of aliphatic hydroxyl groups excluding tert-OH is 1. The summed E-state index contributed by atoms with van der Waals surface area (Å²) >= 11 is 0. The van der Waals surface area contributed by atoms with Gasteiger partial charge in [0.15, 0.2) is 0 Å². The van der Waals surface area contributed by atoms with Crippen molar-refractivity contribution in [2.45, 2.75) is 58.3 Å². The number of unbranched alkanes of at least 4 members (excludes halogenated alkanes) is 3. The fourth-order valence-corrected chi connectivity index (χ4v) is 2.13. The van der Waals surface area contributed by atoms with Crippen LogP contribution in [0.5, 0.6) is 5.75 Å². The molecule has 0 aromatic heterocycles.